The molecule has 0 amide bonds. The molecule has 1 N–H and O–H groups in total. The van der Waals surface area contributed by atoms with Gasteiger partial charge in [0.25, 0.3) is 0 Å². The number of aliphatic hydroxyl groups is 1. The summed E-state index contributed by atoms with van der Waals surface area (Å²) in [6.07, 6.45) is 9.09. The van der Waals surface area contributed by atoms with E-state index in [1.807, 2.05) is 19.2 Å². The summed E-state index contributed by atoms with van der Waals surface area (Å²) in [6.45, 7) is 1.84. The number of hydrogen-bond donors (Lipinski definition) is 1. The quantitative estimate of drug-likeness (QED) is 0.844. The summed E-state index contributed by atoms with van der Waals surface area (Å²) < 4.78 is 1.78. The van der Waals surface area contributed by atoms with E-state index in [0.717, 1.165) is 18.5 Å². The molecule has 0 aliphatic heterocycles. The number of hydrogen-bond acceptors (Lipinski definition) is 3. The number of rotatable bonds is 1. The smallest absolute Gasteiger partial charge is 0.348 e. The Morgan fingerprint density at radius 2 is 2.11 bits per heavy atom. The van der Waals surface area contributed by atoms with E-state index in [2.05, 4.69) is 4.98 Å². The molecule has 0 radical (unpaired) electrons. The lowest BCUT2D eigenvalue weighted by molar-refractivity contribution is 0.0155. The van der Waals surface area contributed by atoms with Crippen molar-refractivity contribution in [3.63, 3.8) is 0 Å². The molecule has 19 heavy (non-hydrogen) atoms. The lowest BCUT2D eigenvalue weighted by Crippen LogP contribution is -2.42. The molecule has 1 heterocycles. The minimum Gasteiger partial charge on any atom is -0.393 e. The third-order valence-electron chi connectivity index (χ3n) is 5.08. The molecule has 2 unspecified atom stereocenters. The van der Waals surface area contributed by atoms with Gasteiger partial charge in [0.1, 0.15) is 0 Å². The highest BCUT2D eigenvalue weighted by molar-refractivity contribution is 5.03. The molecule has 4 heteroatoms. The van der Waals surface area contributed by atoms with E-state index in [-0.39, 0.29) is 23.3 Å². The Morgan fingerprint density at radius 3 is 2.79 bits per heavy atom. The third kappa shape index (κ3) is 2.22. The molecule has 1 aromatic rings. The molecule has 2 atom stereocenters. The van der Waals surface area contributed by atoms with Crippen LogP contribution >= 0.6 is 0 Å². The van der Waals surface area contributed by atoms with Crippen molar-refractivity contribution < 1.29 is 5.11 Å². The standard InChI is InChI=1S/C15H22N2O2/c1-11-5-9-17(14(19)16-11)13-10-12(18)4-8-15(13)6-2-3-7-15/h5,9,12-13,18H,2-4,6-8,10H2,1H3. The molecule has 0 aromatic carbocycles. The number of aliphatic hydroxyl groups excluding tert-OH is 1. The van der Waals surface area contributed by atoms with Crippen LogP contribution in [0.25, 0.3) is 0 Å². The first kappa shape index (κ1) is 12.9. The molecule has 1 spiro atoms. The summed E-state index contributed by atoms with van der Waals surface area (Å²) in [5.41, 5.74) is 0.823. The number of nitrogens with zero attached hydrogens (tertiary/aromatic N) is 2. The van der Waals surface area contributed by atoms with Gasteiger partial charge >= 0.3 is 5.69 Å². The van der Waals surface area contributed by atoms with Crippen molar-refractivity contribution in [3.8, 4) is 0 Å². The zero-order chi connectivity index (χ0) is 13.5. The molecular weight excluding hydrogens is 240 g/mol. The van der Waals surface area contributed by atoms with Gasteiger partial charge in [-0.1, -0.05) is 12.8 Å². The summed E-state index contributed by atoms with van der Waals surface area (Å²) in [5, 5.41) is 9.99. The van der Waals surface area contributed by atoms with Crippen LogP contribution in [0.3, 0.4) is 0 Å². The van der Waals surface area contributed by atoms with Gasteiger partial charge in [0.05, 0.1) is 6.10 Å². The molecule has 2 aliphatic carbocycles. The van der Waals surface area contributed by atoms with Crippen molar-refractivity contribution in [2.75, 3.05) is 0 Å². The van der Waals surface area contributed by atoms with Gasteiger partial charge in [-0.05, 0) is 50.5 Å². The van der Waals surface area contributed by atoms with E-state index in [0.29, 0.717) is 6.42 Å². The Bertz CT molecular complexity index is 517. The summed E-state index contributed by atoms with van der Waals surface area (Å²) in [7, 11) is 0. The van der Waals surface area contributed by atoms with Crippen molar-refractivity contribution in [2.45, 2.75) is 64.0 Å². The van der Waals surface area contributed by atoms with Crippen LogP contribution in [-0.2, 0) is 0 Å². The molecule has 4 nitrogen and oxygen atoms in total. The highest BCUT2D eigenvalue weighted by atomic mass is 16.3. The largest absolute Gasteiger partial charge is 0.393 e. The third-order valence-corrected chi connectivity index (χ3v) is 5.08. The summed E-state index contributed by atoms with van der Waals surface area (Å²) in [5.74, 6) is 0. The Labute approximate surface area is 113 Å². The van der Waals surface area contributed by atoms with Crippen LogP contribution < -0.4 is 5.69 Å². The summed E-state index contributed by atoms with van der Waals surface area (Å²) in [6, 6.07) is 2.02. The van der Waals surface area contributed by atoms with Crippen molar-refractivity contribution in [2.24, 2.45) is 5.41 Å². The Kier molecular flexibility index (Phi) is 3.21. The van der Waals surface area contributed by atoms with E-state index >= 15 is 0 Å². The van der Waals surface area contributed by atoms with Gasteiger partial charge in [-0.25, -0.2) is 4.79 Å². The highest BCUT2D eigenvalue weighted by Gasteiger charge is 2.46. The highest BCUT2D eigenvalue weighted by Crippen LogP contribution is 2.54. The predicted molar refractivity (Wildman–Crippen MR) is 73.0 cm³/mol. The average Bonchev–Trinajstić information content (AvgIpc) is 2.83. The van der Waals surface area contributed by atoms with Gasteiger partial charge in [-0.15, -0.1) is 0 Å². The maximum absolute atomic E-state index is 12.2. The lowest BCUT2D eigenvalue weighted by Gasteiger charge is -2.44. The van der Waals surface area contributed by atoms with E-state index in [1.54, 1.807) is 4.57 Å². The van der Waals surface area contributed by atoms with Gasteiger partial charge in [0.15, 0.2) is 0 Å². The Hall–Kier alpha value is -1.16. The SMILES string of the molecule is Cc1ccn(C2CC(O)CCC23CCCC3)c(=O)n1. The molecule has 1 aromatic heterocycles. The van der Waals surface area contributed by atoms with Gasteiger partial charge in [-0.3, -0.25) is 4.57 Å². The summed E-state index contributed by atoms with van der Waals surface area (Å²) >= 11 is 0. The molecular formula is C15H22N2O2. The Morgan fingerprint density at radius 1 is 1.37 bits per heavy atom. The molecule has 3 rings (SSSR count). The van der Waals surface area contributed by atoms with Crippen molar-refractivity contribution in [3.05, 3.63) is 28.4 Å². The molecule has 2 fully saturated rings. The first-order valence-corrected chi connectivity index (χ1v) is 7.35. The molecule has 0 saturated heterocycles. The van der Waals surface area contributed by atoms with E-state index in [4.69, 9.17) is 0 Å². The first-order chi connectivity index (χ1) is 9.11. The zero-order valence-corrected chi connectivity index (χ0v) is 11.5. The van der Waals surface area contributed by atoms with E-state index in [1.165, 1.54) is 25.7 Å². The second-order valence-corrected chi connectivity index (χ2v) is 6.27. The van der Waals surface area contributed by atoms with Crippen LogP contribution in [0.4, 0.5) is 0 Å². The minimum absolute atomic E-state index is 0.124. The van der Waals surface area contributed by atoms with Crippen LogP contribution in [0.1, 0.15) is 56.7 Å². The normalized spacial score (nSPS) is 29.8. The maximum Gasteiger partial charge on any atom is 0.348 e. The van der Waals surface area contributed by atoms with Crippen molar-refractivity contribution in [1.29, 1.82) is 0 Å². The lowest BCUT2D eigenvalue weighted by atomic mass is 9.68. The van der Waals surface area contributed by atoms with Crippen LogP contribution in [0.15, 0.2) is 17.1 Å². The average molecular weight is 262 g/mol. The Balaban J connectivity index is 2.01. The topological polar surface area (TPSA) is 55.1 Å². The molecule has 2 aliphatic rings. The first-order valence-electron chi connectivity index (χ1n) is 7.35. The fraction of sp³-hybridized carbons (Fsp3) is 0.733. The van der Waals surface area contributed by atoms with Gasteiger partial charge in [0.2, 0.25) is 0 Å². The number of aryl methyl sites for hydroxylation is 1. The van der Waals surface area contributed by atoms with Crippen molar-refractivity contribution in [1.82, 2.24) is 9.55 Å². The second-order valence-electron chi connectivity index (χ2n) is 6.27. The zero-order valence-electron chi connectivity index (χ0n) is 11.5. The van der Waals surface area contributed by atoms with Crippen LogP contribution in [0.5, 0.6) is 0 Å². The summed E-state index contributed by atoms with van der Waals surface area (Å²) in [4.78, 5) is 16.2. The van der Waals surface area contributed by atoms with Gasteiger partial charge in [-0.2, -0.15) is 4.98 Å². The van der Waals surface area contributed by atoms with E-state index < -0.39 is 0 Å². The molecule has 0 bridgehead atoms. The fourth-order valence-electron chi connectivity index (χ4n) is 4.05. The molecule has 2 saturated carbocycles. The molecule has 104 valence electrons. The maximum atomic E-state index is 12.2. The van der Waals surface area contributed by atoms with Gasteiger partial charge < -0.3 is 5.11 Å². The van der Waals surface area contributed by atoms with Crippen LogP contribution in [0, 0.1) is 12.3 Å². The monoisotopic (exact) mass is 262 g/mol. The predicted octanol–water partition coefficient (Wildman–Crippen LogP) is 2.20. The fourth-order valence-corrected chi connectivity index (χ4v) is 4.05. The minimum atomic E-state index is -0.274. The second kappa shape index (κ2) is 4.75. The van der Waals surface area contributed by atoms with Crippen LogP contribution in [-0.4, -0.2) is 20.8 Å². The number of aromatic nitrogens is 2. The van der Waals surface area contributed by atoms with Crippen LogP contribution in [0.2, 0.25) is 0 Å². The van der Waals surface area contributed by atoms with Gasteiger partial charge in [0, 0.05) is 17.9 Å². The van der Waals surface area contributed by atoms with Crippen molar-refractivity contribution >= 4 is 0 Å². The van der Waals surface area contributed by atoms with E-state index in [9.17, 15) is 9.90 Å².